The lowest BCUT2D eigenvalue weighted by atomic mass is 10.3. The van der Waals surface area contributed by atoms with E-state index in [2.05, 4.69) is 25.1 Å². The van der Waals surface area contributed by atoms with Crippen LogP contribution in [0.2, 0.25) is 0 Å². The summed E-state index contributed by atoms with van der Waals surface area (Å²) in [5.74, 6) is 0.716. The second-order valence-electron chi connectivity index (χ2n) is 3.28. The van der Waals surface area contributed by atoms with Crippen molar-refractivity contribution in [3.8, 4) is 21.3 Å². The highest BCUT2D eigenvalue weighted by Crippen LogP contribution is 2.29. The molecule has 0 unspecified atom stereocenters. The number of pyridine rings is 1. The summed E-state index contributed by atoms with van der Waals surface area (Å²) in [5.41, 5.74) is 1.05. The zero-order valence-corrected chi connectivity index (χ0v) is 10.2. The summed E-state index contributed by atoms with van der Waals surface area (Å²) in [5, 5.41) is 6.60. The Morgan fingerprint density at radius 2 is 2.00 bits per heavy atom. The monoisotopic (exact) mass is 261 g/mol. The first-order chi connectivity index (χ1) is 8.33. The Morgan fingerprint density at radius 3 is 2.71 bits per heavy atom. The zero-order valence-electron chi connectivity index (χ0n) is 8.54. The highest BCUT2D eigenvalue weighted by atomic mass is 32.1. The lowest BCUT2D eigenvalue weighted by Gasteiger charge is -1.92. The minimum atomic E-state index is 0.443. The Hall–Kier alpha value is -1.86. The molecule has 3 aromatic heterocycles. The molecule has 0 saturated carbocycles. The molecule has 84 valence electrons. The van der Waals surface area contributed by atoms with Gasteiger partial charge in [-0.05, 0) is 24.4 Å². The van der Waals surface area contributed by atoms with E-state index in [4.69, 9.17) is 12.2 Å². The topological polar surface area (TPSA) is 70.2 Å². The van der Waals surface area contributed by atoms with Crippen molar-refractivity contribution in [2.75, 3.05) is 0 Å². The standard InChI is InChI=1S/C10H7N5S2/c16-10-13-8(14-15-10)7-5-12-9(17-7)6-1-3-11-4-2-6/h1-5H,(H2,13,14,15,16). The fourth-order valence-corrected chi connectivity index (χ4v) is 2.41. The predicted octanol–water partition coefficient (Wildman–Crippen LogP) is 2.65. The van der Waals surface area contributed by atoms with Crippen LogP contribution in [-0.2, 0) is 0 Å². The van der Waals surface area contributed by atoms with E-state index >= 15 is 0 Å². The van der Waals surface area contributed by atoms with E-state index in [1.807, 2.05) is 12.1 Å². The molecule has 0 aromatic carbocycles. The SMILES string of the molecule is S=c1nc(-c2cnc(-c3ccncc3)s2)[nH][nH]1. The van der Waals surface area contributed by atoms with Gasteiger partial charge >= 0.3 is 0 Å². The second-order valence-corrected chi connectivity index (χ2v) is 4.70. The molecular formula is C10H7N5S2. The van der Waals surface area contributed by atoms with Crippen molar-refractivity contribution in [3.63, 3.8) is 0 Å². The highest BCUT2D eigenvalue weighted by molar-refractivity contribution is 7.71. The third-order valence-electron chi connectivity index (χ3n) is 2.17. The van der Waals surface area contributed by atoms with Gasteiger partial charge in [-0.25, -0.2) is 4.98 Å². The molecular weight excluding hydrogens is 254 g/mol. The van der Waals surface area contributed by atoms with Gasteiger partial charge in [-0.15, -0.1) is 11.3 Å². The normalized spacial score (nSPS) is 10.6. The first kappa shape index (κ1) is 10.3. The molecule has 3 aromatic rings. The molecule has 0 saturated heterocycles. The van der Waals surface area contributed by atoms with Crippen molar-refractivity contribution in [1.82, 2.24) is 25.1 Å². The van der Waals surface area contributed by atoms with Gasteiger partial charge in [0.25, 0.3) is 0 Å². The molecule has 3 heterocycles. The number of aromatic nitrogens is 5. The summed E-state index contributed by atoms with van der Waals surface area (Å²) < 4.78 is 0.443. The third-order valence-corrected chi connectivity index (χ3v) is 3.41. The van der Waals surface area contributed by atoms with E-state index in [1.165, 1.54) is 0 Å². The summed E-state index contributed by atoms with van der Waals surface area (Å²) in [6.45, 7) is 0. The van der Waals surface area contributed by atoms with Crippen molar-refractivity contribution in [1.29, 1.82) is 0 Å². The number of rotatable bonds is 2. The minimum Gasteiger partial charge on any atom is -0.281 e. The van der Waals surface area contributed by atoms with Gasteiger partial charge in [-0.1, -0.05) is 0 Å². The van der Waals surface area contributed by atoms with E-state index in [1.54, 1.807) is 29.9 Å². The number of hydrogen-bond donors (Lipinski definition) is 2. The number of aromatic amines is 2. The molecule has 5 nitrogen and oxygen atoms in total. The lowest BCUT2D eigenvalue weighted by molar-refractivity contribution is 1.08. The molecule has 0 fully saturated rings. The molecule has 0 spiro atoms. The first-order valence-electron chi connectivity index (χ1n) is 4.84. The maximum atomic E-state index is 4.91. The Kier molecular flexibility index (Phi) is 2.54. The van der Waals surface area contributed by atoms with Crippen molar-refractivity contribution < 1.29 is 0 Å². The van der Waals surface area contributed by atoms with Crippen molar-refractivity contribution >= 4 is 23.6 Å². The molecule has 0 aliphatic rings. The van der Waals surface area contributed by atoms with Gasteiger partial charge in [0.2, 0.25) is 4.77 Å². The van der Waals surface area contributed by atoms with Gasteiger partial charge < -0.3 is 0 Å². The van der Waals surface area contributed by atoms with Crippen LogP contribution in [0.4, 0.5) is 0 Å². The second kappa shape index (κ2) is 4.19. The van der Waals surface area contributed by atoms with Crippen LogP contribution in [0.1, 0.15) is 0 Å². The number of nitrogens with one attached hydrogen (secondary N) is 2. The van der Waals surface area contributed by atoms with E-state index in [0.29, 0.717) is 10.6 Å². The zero-order chi connectivity index (χ0) is 11.7. The van der Waals surface area contributed by atoms with Crippen molar-refractivity contribution in [2.24, 2.45) is 0 Å². The summed E-state index contributed by atoms with van der Waals surface area (Å²) in [4.78, 5) is 13.4. The first-order valence-corrected chi connectivity index (χ1v) is 6.07. The number of hydrogen-bond acceptors (Lipinski definition) is 5. The molecule has 7 heteroatoms. The molecule has 0 bridgehead atoms. The van der Waals surface area contributed by atoms with Crippen LogP contribution in [0.3, 0.4) is 0 Å². The molecule has 3 rings (SSSR count). The van der Waals surface area contributed by atoms with Crippen molar-refractivity contribution in [3.05, 3.63) is 35.5 Å². The number of H-pyrrole nitrogens is 2. The Bertz CT molecular complexity index is 682. The molecule has 0 amide bonds. The fourth-order valence-electron chi connectivity index (χ4n) is 1.40. The van der Waals surface area contributed by atoms with Crippen molar-refractivity contribution in [2.45, 2.75) is 0 Å². The van der Waals surface area contributed by atoms with Gasteiger partial charge in [-0.3, -0.25) is 15.2 Å². The van der Waals surface area contributed by atoms with Crippen LogP contribution in [0.15, 0.2) is 30.7 Å². The van der Waals surface area contributed by atoms with Crippen LogP contribution in [0, 0.1) is 4.77 Å². The van der Waals surface area contributed by atoms with Gasteiger partial charge in [0, 0.05) is 24.2 Å². The maximum Gasteiger partial charge on any atom is 0.213 e. The highest BCUT2D eigenvalue weighted by Gasteiger charge is 2.08. The van der Waals surface area contributed by atoms with Gasteiger partial charge in [0.05, 0.1) is 4.88 Å². The van der Waals surface area contributed by atoms with Crippen LogP contribution in [0.25, 0.3) is 21.3 Å². The summed E-state index contributed by atoms with van der Waals surface area (Å²) in [6, 6.07) is 3.85. The summed E-state index contributed by atoms with van der Waals surface area (Å²) >= 11 is 6.46. The molecule has 17 heavy (non-hydrogen) atoms. The lowest BCUT2D eigenvalue weighted by Crippen LogP contribution is -1.74. The molecule has 0 aliphatic heterocycles. The average molecular weight is 261 g/mol. The van der Waals surface area contributed by atoms with Crippen LogP contribution in [0.5, 0.6) is 0 Å². The van der Waals surface area contributed by atoms with Gasteiger partial charge in [-0.2, -0.15) is 4.98 Å². The van der Waals surface area contributed by atoms with E-state index < -0.39 is 0 Å². The van der Waals surface area contributed by atoms with E-state index in [0.717, 1.165) is 15.4 Å². The fraction of sp³-hybridized carbons (Fsp3) is 0. The van der Waals surface area contributed by atoms with E-state index in [9.17, 15) is 0 Å². The molecule has 0 radical (unpaired) electrons. The number of thiazole rings is 1. The quantitative estimate of drug-likeness (QED) is 0.696. The van der Waals surface area contributed by atoms with Crippen LogP contribution < -0.4 is 0 Å². The Labute approximate surface area is 106 Å². The third kappa shape index (κ3) is 2.02. The molecule has 2 N–H and O–H groups in total. The summed E-state index contributed by atoms with van der Waals surface area (Å²) in [6.07, 6.45) is 5.28. The van der Waals surface area contributed by atoms with Crippen LogP contribution in [-0.4, -0.2) is 25.1 Å². The molecule has 0 aliphatic carbocycles. The maximum absolute atomic E-state index is 4.91. The average Bonchev–Trinajstić information content (AvgIpc) is 2.98. The Balaban J connectivity index is 2.01. The smallest absolute Gasteiger partial charge is 0.213 e. The van der Waals surface area contributed by atoms with Gasteiger partial charge in [0.1, 0.15) is 5.01 Å². The molecule has 0 atom stereocenters. The predicted molar refractivity (Wildman–Crippen MR) is 68.1 cm³/mol. The van der Waals surface area contributed by atoms with Gasteiger partial charge in [0.15, 0.2) is 5.82 Å². The number of nitrogens with zero attached hydrogens (tertiary/aromatic N) is 3. The van der Waals surface area contributed by atoms with Crippen LogP contribution >= 0.6 is 23.6 Å². The van der Waals surface area contributed by atoms with E-state index in [-0.39, 0.29) is 0 Å². The Morgan fingerprint density at radius 1 is 1.18 bits per heavy atom. The summed E-state index contributed by atoms with van der Waals surface area (Å²) in [7, 11) is 0. The minimum absolute atomic E-state index is 0.443. The largest absolute Gasteiger partial charge is 0.281 e.